The van der Waals surface area contributed by atoms with Gasteiger partial charge in [-0.15, -0.1) is 0 Å². The molecule has 2 heteroatoms. The van der Waals surface area contributed by atoms with Gasteiger partial charge in [0.15, 0.2) is 0 Å². The van der Waals surface area contributed by atoms with Gasteiger partial charge in [-0.25, -0.2) is 0 Å². The molecule has 2 nitrogen and oxygen atoms in total. The summed E-state index contributed by atoms with van der Waals surface area (Å²) < 4.78 is 5.91. The average molecular weight is 253 g/mol. The fourth-order valence-electron chi connectivity index (χ4n) is 2.73. The van der Waals surface area contributed by atoms with E-state index < -0.39 is 0 Å². The first kappa shape index (κ1) is 12.1. The summed E-state index contributed by atoms with van der Waals surface area (Å²) in [6, 6.07) is 14.9. The Balaban J connectivity index is 2.10. The van der Waals surface area contributed by atoms with Crippen molar-refractivity contribution < 1.29 is 4.74 Å². The van der Waals surface area contributed by atoms with Crippen molar-refractivity contribution in [2.24, 2.45) is 0 Å². The van der Waals surface area contributed by atoms with Crippen LogP contribution in [-0.4, -0.2) is 12.6 Å². The molecule has 2 aromatic rings. The van der Waals surface area contributed by atoms with Crippen LogP contribution in [0.4, 0.5) is 11.4 Å². The molecule has 1 atom stereocenters. The third kappa shape index (κ3) is 2.19. The smallest absolute Gasteiger partial charge is 0.143 e. The van der Waals surface area contributed by atoms with Gasteiger partial charge in [0.2, 0.25) is 0 Å². The number of fused-ring (bicyclic) bond motifs is 1. The molecule has 98 valence electrons. The standard InChI is InChI=1S/C17H19NO/c1-12-8-9-15(13(2)10-12)18-11-14(3)19-17-7-5-4-6-16(17)18/h4-10,14H,11H2,1-3H3. The maximum Gasteiger partial charge on any atom is 0.143 e. The molecule has 1 aliphatic heterocycles. The number of benzene rings is 2. The predicted octanol–water partition coefficient (Wildman–Crippen LogP) is 4.22. The van der Waals surface area contributed by atoms with Crippen molar-refractivity contribution in [1.82, 2.24) is 0 Å². The van der Waals surface area contributed by atoms with E-state index in [1.165, 1.54) is 16.8 Å². The molecule has 0 aromatic heterocycles. The molecule has 0 bridgehead atoms. The highest BCUT2D eigenvalue weighted by Gasteiger charge is 2.24. The van der Waals surface area contributed by atoms with Crippen LogP contribution in [0.3, 0.4) is 0 Å². The van der Waals surface area contributed by atoms with Gasteiger partial charge in [0.25, 0.3) is 0 Å². The molecular weight excluding hydrogens is 234 g/mol. The van der Waals surface area contributed by atoms with Crippen molar-refractivity contribution in [3.63, 3.8) is 0 Å². The molecule has 2 aromatic carbocycles. The lowest BCUT2D eigenvalue weighted by atomic mass is 10.1. The minimum atomic E-state index is 0.204. The van der Waals surface area contributed by atoms with Crippen molar-refractivity contribution in [3.05, 3.63) is 53.6 Å². The zero-order valence-corrected chi connectivity index (χ0v) is 11.7. The Labute approximate surface area is 114 Å². The van der Waals surface area contributed by atoms with Gasteiger partial charge in [-0.2, -0.15) is 0 Å². The summed E-state index contributed by atoms with van der Waals surface area (Å²) in [7, 11) is 0. The zero-order chi connectivity index (χ0) is 13.4. The van der Waals surface area contributed by atoms with Gasteiger partial charge < -0.3 is 9.64 Å². The second kappa shape index (κ2) is 4.61. The highest BCUT2D eigenvalue weighted by Crippen LogP contribution is 2.39. The average Bonchev–Trinajstić information content (AvgIpc) is 2.38. The normalized spacial score (nSPS) is 17.8. The third-order valence-electron chi connectivity index (χ3n) is 3.57. The van der Waals surface area contributed by atoms with Crippen molar-refractivity contribution in [2.45, 2.75) is 26.9 Å². The van der Waals surface area contributed by atoms with Gasteiger partial charge in [-0.1, -0.05) is 29.8 Å². The number of anilines is 2. The quantitative estimate of drug-likeness (QED) is 0.754. The predicted molar refractivity (Wildman–Crippen MR) is 79.5 cm³/mol. The summed E-state index contributed by atoms with van der Waals surface area (Å²) in [6.45, 7) is 7.31. The largest absolute Gasteiger partial charge is 0.487 e. The van der Waals surface area contributed by atoms with Crippen LogP contribution in [0.15, 0.2) is 42.5 Å². The lowest BCUT2D eigenvalue weighted by molar-refractivity contribution is 0.217. The van der Waals surface area contributed by atoms with Crippen LogP contribution >= 0.6 is 0 Å². The zero-order valence-electron chi connectivity index (χ0n) is 11.7. The van der Waals surface area contributed by atoms with Gasteiger partial charge in [0, 0.05) is 5.69 Å². The molecule has 0 saturated carbocycles. The Hall–Kier alpha value is -1.96. The SMILES string of the molecule is Cc1ccc(N2CC(C)Oc3ccccc32)c(C)c1. The first-order valence-electron chi connectivity index (χ1n) is 6.75. The molecule has 0 spiro atoms. The lowest BCUT2D eigenvalue weighted by Gasteiger charge is -2.35. The van der Waals surface area contributed by atoms with Crippen molar-refractivity contribution in [1.29, 1.82) is 0 Å². The monoisotopic (exact) mass is 253 g/mol. The third-order valence-corrected chi connectivity index (χ3v) is 3.57. The lowest BCUT2D eigenvalue weighted by Crippen LogP contribution is -2.35. The Morgan fingerprint density at radius 1 is 1.05 bits per heavy atom. The highest BCUT2D eigenvalue weighted by molar-refractivity contribution is 5.72. The van der Waals surface area contributed by atoms with Crippen LogP contribution in [0.1, 0.15) is 18.1 Å². The Morgan fingerprint density at radius 3 is 2.63 bits per heavy atom. The molecule has 0 amide bonds. The fourth-order valence-corrected chi connectivity index (χ4v) is 2.73. The number of para-hydroxylation sites is 2. The summed E-state index contributed by atoms with van der Waals surface area (Å²) in [5.74, 6) is 0.973. The Bertz CT molecular complexity index is 606. The highest BCUT2D eigenvalue weighted by atomic mass is 16.5. The molecule has 0 fully saturated rings. The maximum absolute atomic E-state index is 5.91. The molecule has 1 heterocycles. The molecule has 0 N–H and O–H groups in total. The number of nitrogens with zero attached hydrogens (tertiary/aromatic N) is 1. The summed E-state index contributed by atoms with van der Waals surface area (Å²) >= 11 is 0. The van der Waals surface area contributed by atoms with E-state index in [1.807, 2.05) is 12.1 Å². The summed E-state index contributed by atoms with van der Waals surface area (Å²) in [5.41, 5.74) is 5.04. The first-order chi connectivity index (χ1) is 9.15. The van der Waals surface area contributed by atoms with E-state index >= 15 is 0 Å². The first-order valence-corrected chi connectivity index (χ1v) is 6.75. The molecule has 1 aliphatic rings. The molecular formula is C17H19NO. The van der Waals surface area contributed by atoms with E-state index in [0.717, 1.165) is 18.0 Å². The Kier molecular flexibility index (Phi) is 2.94. The molecule has 19 heavy (non-hydrogen) atoms. The fraction of sp³-hybridized carbons (Fsp3) is 0.294. The molecule has 1 unspecified atom stereocenters. The van der Waals surface area contributed by atoms with Crippen LogP contribution in [0.2, 0.25) is 0 Å². The van der Waals surface area contributed by atoms with Gasteiger partial charge in [-0.05, 0) is 44.5 Å². The van der Waals surface area contributed by atoms with Crippen molar-refractivity contribution in [3.8, 4) is 5.75 Å². The van der Waals surface area contributed by atoms with Crippen LogP contribution < -0.4 is 9.64 Å². The number of aryl methyl sites for hydroxylation is 2. The minimum Gasteiger partial charge on any atom is -0.487 e. The van der Waals surface area contributed by atoms with Gasteiger partial charge in [0.1, 0.15) is 11.9 Å². The summed E-state index contributed by atoms with van der Waals surface area (Å²) in [6.07, 6.45) is 0.204. The number of hydrogen-bond acceptors (Lipinski definition) is 2. The number of hydrogen-bond donors (Lipinski definition) is 0. The number of ether oxygens (including phenoxy) is 1. The van der Waals surface area contributed by atoms with Crippen LogP contribution in [0, 0.1) is 13.8 Å². The topological polar surface area (TPSA) is 12.5 Å². The van der Waals surface area contributed by atoms with E-state index in [0.29, 0.717) is 0 Å². The maximum atomic E-state index is 5.91. The van der Waals surface area contributed by atoms with Crippen molar-refractivity contribution >= 4 is 11.4 Å². The van der Waals surface area contributed by atoms with E-state index in [-0.39, 0.29) is 6.10 Å². The number of rotatable bonds is 1. The van der Waals surface area contributed by atoms with E-state index in [2.05, 4.69) is 56.0 Å². The molecule has 0 saturated heterocycles. The van der Waals surface area contributed by atoms with Gasteiger partial charge in [0.05, 0.1) is 12.2 Å². The summed E-state index contributed by atoms with van der Waals surface area (Å²) in [5, 5.41) is 0. The van der Waals surface area contributed by atoms with Gasteiger partial charge >= 0.3 is 0 Å². The molecule has 0 aliphatic carbocycles. The minimum absolute atomic E-state index is 0.204. The van der Waals surface area contributed by atoms with Crippen LogP contribution in [-0.2, 0) is 0 Å². The van der Waals surface area contributed by atoms with E-state index in [4.69, 9.17) is 4.74 Å². The van der Waals surface area contributed by atoms with Crippen molar-refractivity contribution in [2.75, 3.05) is 11.4 Å². The van der Waals surface area contributed by atoms with E-state index in [9.17, 15) is 0 Å². The van der Waals surface area contributed by atoms with E-state index in [1.54, 1.807) is 0 Å². The van der Waals surface area contributed by atoms with Crippen LogP contribution in [0.5, 0.6) is 5.75 Å². The summed E-state index contributed by atoms with van der Waals surface area (Å²) in [4.78, 5) is 2.36. The Morgan fingerprint density at radius 2 is 1.84 bits per heavy atom. The van der Waals surface area contributed by atoms with Gasteiger partial charge in [-0.3, -0.25) is 0 Å². The second-order valence-corrected chi connectivity index (χ2v) is 5.30. The van der Waals surface area contributed by atoms with Crippen LogP contribution in [0.25, 0.3) is 0 Å². The molecule has 0 radical (unpaired) electrons. The second-order valence-electron chi connectivity index (χ2n) is 5.30. The molecule has 3 rings (SSSR count).